The van der Waals surface area contributed by atoms with Gasteiger partial charge in [0.25, 0.3) is 0 Å². The fourth-order valence-electron chi connectivity index (χ4n) is 4.96. The van der Waals surface area contributed by atoms with E-state index in [1.165, 1.54) is 40.8 Å². The lowest BCUT2D eigenvalue weighted by Crippen LogP contribution is -2.46. The summed E-state index contributed by atoms with van der Waals surface area (Å²) in [5.41, 5.74) is 4.41. The minimum Gasteiger partial charge on any atom is -0.508 e. The number of hydrogen-bond acceptors (Lipinski definition) is 6. The lowest BCUT2D eigenvalue weighted by Gasteiger charge is -2.36. The van der Waals surface area contributed by atoms with Gasteiger partial charge >= 0.3 is 6.18 Å². The van der Waals surface area contributed by atoms with E-state index in [4.69, 9.17) is 4.98 Å². The van der Waals surface area contributed by atoms with E-state index in [-0.39, 0.29) is 18.0 Å². The molecule has 0 amide bonds. The number of aromatic nitrogens is 1. The number of ketones is 1. The van der Waals surface area contributed by atoms with Crippen LogP contribution in [0.15, 0.2) is 66.7 Å². The maximum atomic E-state index is 13.1. The number of nitrogens with zero attached hydrogens (tertiary/aromatic N) is 3. The van der Waals surface area contributed by atoms with Gasteiger partial charge in [0.05, 0.1) is 11.3 Å². The summed E-state index contributed by atoms with van der Waals surface area (Å²) in [5.74, 6) is 0.116. The van der Waals surface area contributed by atoms with Crippen molar-refractivity contribution in [2.24, 2.45) is 0 Å². The van der Waals surface area contributed by atoms with Crippen molar-refractivity contribution in [3.63, 3.8) is 0 Å². The number of piperazine rings is 1. The molecule has 0 bridgehead atoms. The molecule has 1 N–H and O–H groups in total. The molecule has 0 radical (unpaired) electrons. The third kappa shape index (κ3) is 6.97. The van der Waals surface area contributed by atoms with Gasteiger partial charge in [-0.1, -0.05) is 29.8 Å². The van der Waals surface area contributed by atoms with Crippen molar-refractivity contribution < 1.29 is 23.1 Å². The van der Waals surface area contributed by atoms with Gasteiger partial charge in [0, 0.05) is 60.8 Å². The Labute approximate surface area is 241 Å². The van der Waals surface area contributed by atoms with Crippen molar-refractivity contribution in [3.8, 4) is 16.3 Å². The number of carbonyl (C=O) groups is 1. The molecular formula is C32H32F3N3O2S. The van der Waals surface area contributed by atoms with Crippen molar-refractivity contribution in [1.29, 1.82) is 0 Å². The molecule has 214 valence electrons. The highest BCUT2D eigenvalue weighted by molar-refractivity contribution is 7.15. The molecule has 0 aliphatic carbocycles. The van der Waals surface area contributed by atoms with E-state index < -0.39 is 11.7 Å². The number of alkyl halides is 3. The topological polar surface area (TPSA) is 56.7 Å². The Morgan fingerprint density at radius 1 is 0.951 bits per heavy atom. The van der Waals surface area contributed by atoms with E-state index in [0.717, 1.165) is 48.9 Å². The van der Waals surface area contributed by atoms with Crippen LogP contribution < -0.4 is 4.90 Å². The minimum absolute atomic E-state index is 0.0322. The van der Waals surface area contributed by atoms with Gasteiger partial charge < -0.3 is 10.0 Å². The summed E-state index contributed by atoms with van der Waals surface area (Å²) < 4.78 is 39.3. The van der Waals surface area contributed by atoms with E-state index in [1.54, 1.807) is 19.1 Å². The van der Waals surface area contributed by atoms with Crippen LogP contribution in [-0.4, -0.2) is 47.0 Å². The van der Waals surface area contributed by atoms with Crippen LogP contribution in [-0.2, 0) is 19.1 Å². The standard InChI is InChI=1S/C32H32F3N3O2S/c1-21-3-10-26(11-4-21)38-17-15-37(16-18-38)20-27-30(14-13-29(40)24-7-12-28(39)22(2)19-24)41-31(36-27)23-5-8-25(9-6-23)32(33,34)35/h3-12,19,39H,13-18,20H2,1-2H3. The van der Waals surface area contributed by atoms with Crippen LogP contribution in [0.25, 0.3) is 10.6 Å². The SMILES string of the molecule is Cc1ccc(N2CCN(Cc3nc(-c4ccc(C(F)(F)F)cc4)sc3CCC(=O)c3ccc(O)c(C)c3)CC2)cc1. The summed E-state index contributed by atoms with van der Waals surface area (Å²) >= 11 is 1.43. The molecule has 0 atom stereocenters. The molecule has 4 aromatic rings. The number of hydrogen-bond donors (Lipinski definition) is 1. The minimum atomic E-state index is -4.40. The second-order valence-electron chi connectivity index (χ2n) is 10.5. The van der Waals surface area contributed by atoms with Gasteiger partial charge in [-0.2, -0.15) is 13.2 Å². The molecule has 0 saturated carbocycles. The Morgan fingerprint density at radius 3 is 2.27 bits per heavy atom. The lowest BCUT2D eigenvalue weighted by atomic mass is 10.0. The number of rotatable bonds is 8. The first-order valence-electron chi connectivity index (χ1n) is 13.6. The van der Waals surface area contributed by atoms with E-state index >= 15 is 0 Å². The third-order valence-electron chi connectivity index (χ3n) is 7.48. The lowest BCUT2D eigenvalue weighted by molar-refractivity contribution is -0.137. The molecule has 1 aliphatic heterocycles. The summed E-state index contributed by atoms with van der Waals surface area (Å²) in [4.78, 5) is 23.5. The normalized spacial score (nSPS) is 14.4. The van der Waals surface area contributed by atoms with Crippen LogP contribution in [0.1, 0.15) is 44.0 Å². The second kappa shape index (κ2) is 12.0. The largest absolute Gasteiger partial charge is 0.508 e. The van der Waals surface area contributed by atoms with Crippen LogP contribution in [0.3, 0.4) is 0 Å². The predicted molar refractivity (Wildman–Crippen MR) is 157 cm³/mol. The molecule has 0 unspecified atom stereocenters. The smallest absolute Gasteiger partial charge is 0.416 e. The summed E-state index contributed by atoms with van der Waals surface area (Å²) in [7, 11) is 0. The fraction of sp³-hybridized carbons (Fsp3) is 0.312. The molecule has 1 fully saturated rings. The van der Waals surface area contributed by atoms with E-state index in [0.29, 0.717) is 34.7 Å². The summed E-state index contributed by atoms with van der Waals surface area (Å²) in [6, 6.07) is 18.4. The van der Waals surface area contributed by atoms with Gasteiger partial charge in [-0.05, 0) is 68.3 Å². The van der Waals surface area contributed by atoms with Crippen LogP contribution in [0.5, 0.6) is 5.75 Å². The Bertz CT molecular complexity index is 1510. The van der Waals surface area contributed by atoms with Crippen molar-refractivity contribution in [1.82, 2.24) is 9.88 Å². The molecule has 1 saturated heterocycles. The number of phenols is 1. The summed E-state index contributed by atoms with van der Waals surface area (Å²) in [6.45, 7) is 7.91. The maximum absolute atomic E-state index is 13.1. The first-order chi connectivity index (χ1) is 19.6. The predicted octanol–water partition coefficient (Wildman–Crippen LogP) is 7.29. The molecule has 1 aromatic heterocycles. The van der Waals surface area contributed by atoms with E-state index in [1.807, 2.05) is 0 Å². The van der Waals surface area contributed by atoms with E-state index in [2.05, 4.69) is 41.0 Å². The van der Waals surface area contributed by atoms with Crippen molar-refractivity contribution in [3.05, 3.63) is 99.6 Å². The van der Waals surface area contributed by atoms with Gasteiger partial charge in [0.1, 0.15) is 10.8 Å². The Hall–Kier alpha value is -3.69. The first kappa shape index (κ1) is 28.8. The zero-order valence-electron chi connectivity index (χ0n) is 23.0. The molecule has 2 heterocycles. The monoisotopic (exact) mass is 579 g/mol. The van der Waals surface area contributed by atoms with E-state index in [9.17, 15) is 23.1 Å². The van der Waals surface area contributed by atoms with Crippen LogP contribution in [0.4, 0.5) is 18.9 Å². The number of halogens is 3. The number of Topliss-reactive ketones (excluding diaryl/α,β-unsaturated/α-hetero) is 1. The van der Waals surface area contributed by atoms with Crippen molar-refractivity contribution >= 4 is 22.8 Å². The zero-order valence-corrected chi connectivity index (χ0v) is 23.9. The third-order valence-corrected chi connectivity index (χ3v) is 8.69. The van der Waals surface area contributed by atoms with Gasteiger partial charge in [-0.25, -0.2) is 4.98 Å². The van der Waals surface area contributed by atoms with Gasteiger partial charge in [0.15, 0.2) is 5.78 Å². The molecule has 0 spiro atoms. The second-order valence-corrected chi connectivity index (χ2v) is 11.6. The number of anilines is 1. The number of thiazole rings is 1. The molecule has 3 aromatic carbocycles. The number of carbonyl (C=O) groups excluding carboxylic acids is 1. The highest BCUT2D eigenvalue weighted by atomic mass is 32.1. The van der Waals surface area contributed by atoms with Crippen LogP contribution >= 0.6 is 11.3 Å². The molecular weight excluding hydrogens is 547 g/mol. The van der Waals surface area contributed by atoms with Gasteiger partial charge in [-0.15, -0.1) is 11.3 Å². The molecule has 9 heteroatoms. The highest BCUT2D eigenvalue weighted by Gasteiger charge is 2.30. The van der Waals surface area contributed by atoms with Gasteiger partial charge in [0.2, 0.25) is 0 Å². The van der Waals surface area contributed by atoms with Gasteiger partial charge in [-0.3, -0.25) is 9.69 Å². The van der Waals surface area contributed by atoms with Crippen molar-refractivity contribution in [2.45, 2.75) is 39.4 Å². The maximum Gasteiger partial charge on any atom is 0.416 e. The molecule has 41 heavy (non-hydrogen) atoms. The van der Waals surface area contributed by atoms with Crippen molar-refractivity contribution in [2.75, 3.05) is 31.1 Å². The molecule has 1 aliphatic rings. The van der Waals surface area contributed by atoms with Crippen LogP contribution in [0, 0.1) is 13.8 Å². The number of aromatic hydroxyl groups is 1. The molecule has 5 rings (SSSR count). The zero-order chi connectivity index (χ0) is 29.1. The van der Waals surface area contributed by atoms with Crippen LogP contribution in [0.2, 0.25) is 0 Å². The Kier molecular flexibility index (Phi) is 8.47. The first-order valence-corrected chi connectivity index (χ1v) is 14.4. The Morgan fingerprint density at radius 2 is 1.63 bits per heavy atom. The average Bonchev–Trinajstić information content (AvgIpc) is 3.36. The summed E-state index contributed by atoms with van der Waals surface area (Å²) in [5, 5.41) is 10.5. The number of benzene rings is 3. The summed E-state index contributed by atoms with van der Waals surface area (Å²) in [6.07, 6.45) is -3.64. The molecule has 5 nitrogen and oxygen atoms in total. The Balaban J connectivity index is 1.33. The number of phenolic OH excluding ortho intramolecular Hbond substituents is 1. The quantitative estimate of drug-likeness (QED) is 0.222. The fourth-order valence-corrected chi connectivity index (χ4v) is 6.03. The number of aryl methyl sites for hydroxylation is 3. The highest BCUT2D eigenvalue weighted by Crippen LogP contribution is 2.34. The average molecular weight is 580 g/mol.